The maximum atomic E-state index is 9.87. The second-order valence-corrected chi connectivity index (χ2v) is 5.19. The predicted octanol–water partition coefficient (Wildman–Crippen LogP) is 2.47. The third-order valence-corrected chi connectivity index (χ3v) is 3.34. The van der Waals surface area contributed by atoms with E-state index in [0.29, 0.717) is 26.1 Å². The van der Waals surface area contributed by atoms with Crippen molar-refractivity contribution in [2.45, 2.75) is 12.5 Å². The molecule has 4 nitrogen and oxygen atoms in total. The molecule has 2 aromatic carbocycles. The van der Waals surface area contributed by atoms with Crippen LogP contribution in [0.2, 0.25) is 0 Å². The van der Waals surface area contributed by atoms with E-state index in [-0.39, 0.29) is 6.61 Å². The normalized spacial score (nSPS) is 11.9. The van der Waals surface area contributed by atoms with Crippen molar-refractivity contribution in [1.82, 2.24) is 5.32 Å². The molecular weight excluding hydrogens is 290 g/mol. The van der Waals surface area contributed by atoms with Crippen molar-refractivity contribution >= 4 is 0 Å². The number of aliphatic hydroxyl groups is 1. The summed E-state index contributed by atoms with van der Waals surface area (Å²) >= 11 is 0. The summed E-state index contributed by atoms with van der Waals surface area (Å²) in [5.41, 5.74) is 1.10. The Hall–Kier alpha value is -2.04. The van der Waals surface area contributed by atoms with Gasteiger partial charge in [0, 0.05) is 13.1 Å². The molecule has 0 bridgehead atoms. The lowest BCUT2D eigenvalue weighted by Crippen LogP contribution is -2.33. The molecule has 0 heterocycles. The SMILES string of the molecule is [CH2]Cc1ccccc1OCCNCC(O)COc1ccccc1. The van der Waals surface area contributed by atoms with Gasteiger partial charge in [-0.2, -0.15) is 0 Å². The lowest BCUT2D eigenvalue weighted by Gasteiger charge is -2.14. The van der Waals surface area contributed by atoms with Crippen LogP contribution < -0.4 is 14.8 Å². The van der Waals surface area contributed by atoms with Gasteiger partial charge in [0.1, 0.15) is 30.8 Å². The fourth-order valence-electron chi connectivity index (χ4n) is 2.12. The summed E-state index contributed by atoms with van der Waals surface area (Å²) in [6, 6.07) is 17.4. The molecule has 1 radical (unpaired) electrons. The van der Waals surface area contributed by atoms with Crippen LogP contribution in [0.4, 0.5) is 0 Å². The average Bonchev–Trinajstić information content (AvgIpc) is 2.61. The van der Waals surface area contributed by atoms with Gasteiger partial charge in [-0.15, -0.1) is 0 Å². The molecule has 23 heavy (non-hydrogen) atoms. The topological polar surface area (TPSA) is 50.7 Å². The third-order valence-electron chi connectivity index (χ3n) is 3.34. The highest BCUT2D eigenvalue weighted by Crippen LogP contribution is 2.17. The molecule has 1 unspecified atom stereocenters. The van der Waals surface area contributed by atoms with Crippen LogP contribution in [0.3, 0.4) is 0 Å². The first-order chi connectivity index (χ1) is 11.3. The summed E-state index contributed by atoms with van der Waals surface area (Å²) in [7, 11) is 0. The van der Waals surface area contributed by atoms with E-state index in [0.717, 1.165) is 17.1 Å². The number of hydrogen-bond acceptors (Lipinski definition) is 4. The molecular formula is C19H24NO3. The van der Waals surface area contributed by atoms with E-state index in [1.165, 1.54) is 0 Å². The molecule has 0 aliphatic carbocycles. The number of benzene rings is 2. The molecule has 2 aromatic rings. The number of para-hydroxylation sites is 2. The van der Waals surface area contributed by atoms with E-state index in [9.17, 15) is 5.11 Å². The van der Waals surface area contributed by atoms with Crippen molar-refractivity contribution in [2.24, 2.45) is 0 Å². The number of hydrogen-bond donors (Lipinski definition) is 2. The van der Waals surface area contributed by atoms with E-state index < -0.39 is 6.10 Å². The monoisotopic (exact) mass is 314 g/mol. The highest BCUT2D eigenvalue weighted by Gasteiger charge is 2.05. The van der Waals surface area contributed by atoms with E-state index in [2.05, 4.69) is 12.2 Å². The number of nitrogens with one attached hydrogen (secondary N) is 1. The van der Waals surface area contributed by atoms with Crippen molar-refractivity contribution in [1.29, 1.82) is 0 Å². The Balaban J connectivity index is 1.58. The third kappa shape index (κ3) is 6.30. The molecule has 2 N–H and O–H groups in total. The molecule has 4 heteroatoms. The van der Waals surface area contributed by atoms with Gasteiger partial charge in [-0.3, -0.25) is 0 Å². The van der Waals surface area contributed by atoms with E-state index >= 15 is 0 Å². The summed E-state index contributed by atoms with van der Waals surface area (Å²) < 4.78 is 11.2. The van der Waals surface area contributed by atoms with Gasteiger partial charge >= 0.3 is 0 Å². The van der Waals surface area contributed by atoms with Crippen LogP contribution >= 0.6 is 0 Å². The first-order valence-corrected chi connectivity index (χ1v) is 7.86. The molecule has 0 fully saturated rings. The largest absolute Gasteiger partial charge is 0.492 e. The van der Waals surface area contributed by atoms with Crippen molar-refractivity contribution in [3.63, 3.8) is 0 Å². The van der Waals surface area contributed by atoms with Crippen LogP contribution in [0.15, 0.2) is 54.6 Å². The van der Waals surface area contributed by atoms with Gasteiger partial charge in [-0.25, -0.2) is 0 Å². The predicted molar refractivity (Wildman–Crippen MR) is 91.8 cm³/mol. The van der Waals surface area contributed by atoms with E-state index in [4.69, 9.17) is 9.47 Å². The number of rotatable bonds is 10. The zero-order chi connectivity index (χ0) is 16.3. The lowest BCUT2D eigenvalue weighted by atomic mass is 10.1. The van der Waals surface area contributed by atoms with Crippen molar-refractivity contribution < 1.29 is 14.6 Å². The first kappa shape index (κ1) is 17.3. The minimum atomic E-state index is -0.553. The summed E-state index contributed by atoms with van der Waals surface area (Å²) in [5, 5.41) is 13.0. The number of ether oxygens (including phenoxy) is 2. The molecule has 0 saturated carbocycles. The van der Waals surface area contributed by atoms with Gasteiger partial charge in [0.05, 0.1) is 0 Å². The van der Waals surface area contributed by atoms with Crippen LogP contribution in [0.25, 0.3) is 0 Å². The summed E-state index contributed by atoms with van der Waals surface area (Å²) in [6.07, 6.45) is 0.154. The van der Waals surface area contributed by atoms with Crippen LogP contribution in [0.1, 0.15) is 5.56 Å². The summed E-state index contributed by atoms with van der Waals surface area (Å²) in [4.78, 5) is 0. The van der Waals surface area contributed by atoms with E-state index in [1.54, 1.807) is 0 Å². The summed E-state index contributed by atoms with van der Waals surface area (Å²) in [5.74, 6) is 1.64. The number of aliphatic hydroxyl groups excluding tert-OH is 1. The minimum absolute atomic E-state index is 0.266. The zero-order valence-corrected chi connectivity index (χ0v) is 13.3. The standard InChI is InChI=1S/C19H24NO3/c1-2-16-8-6-7-11-19(16)22-13-12-20-14-17(21)15-23-18-9-4-3-5-10-18/h3-11,17,20-21H,1-2,12-15H2. The second kappa shape index (κ2) is 9.87. The highest BCUT2D eigenvalue weighted by molar-refractivity contribution is 5.33. The maximum absolute atomic E-state index is 9.87. The van der Waals surface area contributed by atoms with Crippen LogP contribution in [0.5, 0.6) is 11.5 Å². The Labute approximate surface area is 138 Å². The second-order valence-electron chi connectivity index (χ2n) is 5.19. The van der Waals surface area contributed by atoms with Gasteiger partial charge in [-0.1, -0.05) is 36.4 Å². The molecule has 0 saturated heterocycles. The van der Waals surface area contributed by atoms with Gasteiger partial charge in [0.2, 0.25) is 0 Å². The zero-order valence-electron chi connectivity index (χ0n) is 13.3. The highest BCUT2D eigenvalue weighted by atomic mass is 16.5. The van der Waals surface area contributed by atoms with Gasteiger partial charge in [-0.05, 0) is 37.1 Å². The Morgan fingerprint density at radius 1 is 1.00 bits per heavy atom. The molecule has 1 atom stereocenters. The lowest BCUT2D eigenvalue weighted by molar-refractivity contribution is 0.105. The fourth-order valence-corrected chi connectivity index (χ4v) is 2.12. The van der Waals surface area contributed by atoms with Gasteiger partial charge in [0.25, 0.3) is 0 Å². The summed E-state index contributed by atoms with van der Waals surface area (Å²) in [6.45, 7) is 5.82. The van der Waals surface area contributed by atoms with Crippen LogP contribution in [-0.4, -0.2) is 37.5 Å². The van der Waals surface area contributed by atoms with Crippen LogP contribution in [-0.2, 0) is 6.42 Å². The Morgan fingerprint density at radius 2 is 1.74 bits per heavy atom. The van der Waals surface area contributed by atoms with Crippen molar-refractivity contribution in [2.75, 3.05) is 26.3 Å². The molecule has 0 amide bonds. The Bertz CT molecular complexity index is 560. The Kier molecular flexibility index (Phi) is 7.43. The Morgan fingerprint density at radius 3 is 2.52 bits per heavy atom. The first-order valence-electron chi connectivity index (χ1n) is 7.86. The fraction of sp³-hybridized carbons (Fsp3) is 0.316. The van der Waals surface area contributed by atoms with E-state index in [1.807, 2.05) is 54.6 Å². The smallest absolute Gasteiger partial charge is 0.122 e. The molecule has 0 aliphatic rings. The van der Waals surface area contributed by atoms with Crippen LogP contribution in [0, 0.1) is 6.92 Å². The van der Waals surface area contributed by atoms with Crippen molar-refractivity contribution in [3.05, 3.63) is 67.1 Å². The van der Waals surface area contributed by atoms with Gasteiger partial charge < -0.3 is 19.9 Å². The molecule has 123 valence electrons. The maximum Gasteiger partial charge on any atom is 0.122 e. The molecule has 2 rings (SSSR count). The molecule has 0 aliphatic heterocycles. The quantitative estimate of drug-likeness (QED) is 0.662. The minimum Gasteiger partial charge on any atom is -0.492 e. The average molecular weight is 314 g/mol. The van der Waals surface area contributed by atoms with Crippen molar-refractivity contribution in [3.8, 4) is 11.5 Å². The van der Waals surface area contributed by atoms with Gasteiger partial charge in [0.15, 0.2) is 0 Å². The molecule has 0 aromatic heterocycles. The molecule has 0 spiro atoms.